The van der Waals surface area contributed by atoms with Crippen molar-refractivity contribution in [1.29, 1.82) is 0 Å². The fourth-order valence-electron chi connectivity index (χ4n) is 4.33. The van der Waals surface area contributed by atoms with Crippen LogP contribution in [0.3, 0.4) is 0 Å². The minimum absolute atomic E-state index is 0.220. The maximum absolute atomic E-state index is 13.8. The zero-order chi connectivity index (χ0) is 23.2. The van der Waals surface area contributed by atoms with Crippen LogP contribution >= 0.6 is 22.9 Å². The Morgan fingerprint density at radius 1 is 1.18 bits per heavy atom. The van der Waals surface area contributed by atoms with Gasteiger partial charge in [-0.2, -0.15) is 0 Å². The van der Waals surface area contributed by atoms with E-state index in [-0.39, 0.29) is 11.8 Å². The molecule has 0 saturated heterocycles. The number of thiophene rings is 1. The van der Waals surface area contributed by atoms with E-state index >= 15 is 0 Å². The summed E-state index contributed by atoms with van der Waals surface area (Å²) in [6.07, 6.45) is 0. The number of anilines is 1. The normalized spacial score (nSPS) is 17.8. The van der Waals surface area contributed by atoms with E-state index < -0.39 is 5.54 Å². The standard InChI is InChI=1S/C25H22ClN3O3S/c1-25(24(31)27-14-16-6-8-18(26)9-7-16)15-28-21(12-17-10-11-33-23(17)28)22(30)29(25)19-4-3-5-20(13-19)32-2/h3-13H,14-15H2,1-2H3,(H,27,31)/t25-/m0/s1. The number of benzene rings is 2. The highest BCUT2D eigenvalue weighted by atomic mass is 35.5. The molecule has 1 aliphatic rings. The van der Waals surface area contributed by atoms with Crippen LogP contribution in [-0.4, -0.2) is 29.0 Å². The number of aromatic nitrogens is 1. The van der Waals surface area contributed by atoms with E-state index in [0.29, 0.717) is 35.2 Å². The average molecular weight is 480 g/mol. The molecule has 1 atom stereocenters. The van der Waals surface area contributed by atoms with Gasteiger partial charge in [0.1, 0.15) is 21.8 Å². The van der Waals surface area contributed by atoms with Crippen LogP contribution in [0.5, 0.6) is 5.75 Å². The van der Waals surface area contributed by atoms with Crippen LogP contribution in [0.15, 0.2) is 66.0 Å². The fourth-order valence-corrected chi connectivity index (χ4v) is 5.35. The molecule has 0 bridgehead atoms. The van der Waals surface area contributed by atoms with Crippen molar-refractivity contribution in [2.45, 2.75) is 25.6 Å². The van der Waals surface area contributed by atoms with Gasteiger partial charge in [0.2, 0.25) is 5.91 Å². The third-order valence-corrected chi connectivity index (χ3v) is 7.25. The first-order chi connectivity index (χ1) is 15.9. The predicted octanol–water partition coefficient (Wildman–Crippen LogP) is 5.10. The molecule has 0 saturated carbocycles. The smallest absolute Gasteiger partial charge is 0.275 e. The Kier molecular flexibility index (Phi) is 5.38. The summed E-state index contributed by atoms with van der Waals surface area (Å²) in [6.45, 7) is 2.48. The third-order valence-electron chi connectivity index (χ3n) is 6.05. The zero-order valence-electron chi connectivity index (χ0n) is 18.2. The first kappa shape index (κ1) is 21.6. The first-order valence-corrected chi connectivity index (χ1v) is 11.7. The van der Waals surface area contributed by atoms with Crippen molar-refractivity contribution < 1.29 is 14.3 Å². The SMILES string of the molecule is COc1cccc(N2C(=O)c3cc4ccsc4n3C[C@@]2(C)C(=O)NCc2ccc(Cl)cc2)c1. The Bertz CT molecular complexity index is 1360. The molecular weight excluding hydrogens is 458 g/mol. The lowest BCUT2D eigenvalue weighted by atomic mass is 9.93. The number of rotatable bonds is 5. The van der Waals surface area contributed by atoms with Crippen molar-refractivity contribution in [3.8, 4) is 5.75 Å². The van der Waals surface area contributed by atoms with E-state index in [4.69, 9.17) is 16.3 Å². The van der Waals surface area contributed by atoms with Crippen molar-refractivity contribution >= 4 is 50.7 Å². The molecule has 4 aromatic rings. The minimum Gasteiger partial charge on any atom is -0.497 e. The maximum Gasteiger partial charge on any atom is 0.275 e. The number of amides is 2. The van der Waals surface area contributed by atoms with Gasteiger partial charge in [0.25, 0.3) is 5.91 Å². The van der Waals surface area contributed by atoms with E-state index in [2.05, 4.69) is 5.32 Å². The molecule has 2 amide bonds. The van der Waals surface area contributed by atoms with Gasteiger partial charge in [-0.25, -0.2) is 0 Å². The molecule has 0 aliphatic carbocycles. The molecule has 3 heterocycles. The van der Waals surface area contributed by atoms with Gasteiger partial charge in [0, 0.05) is 28.7 Å². The van der Waals surface area contributed by atoms with Crippen molar-refractivity contribution in [2.75, 3.05) is 12.0 Å². The lowest BCUT2D eigenvalue weighted by Gasteiger charge is -2.44. The molecule has 2 aromatic heterocycles. The Morgan fingerprint density at radius 2 is 1.97 bits per heavy atom. The summed E-state index contributed by atoms with van der Waals surface area (Å²) in [5, 5.41) is 6.66. The molecule has 1 aliphatic heterocycles. The molecular formula is C25H22ClN3O3S. The summed E-state index contributed by atoms with van der Waals surface area (Å²) in [4.78, 5) is 30.0. The molecule has 8 heteroatoms. The number of carbonyl (C=O) groups is 2. The Labute approximate surface area is 200 Å². The largest absolute Gasteiger partial charge is 0.497 e. The predicted molar refractivity (Wildman–Crippen MR) is 131 cm³/mol. The van der Waals surface area contributed by atoms with E-state index in [1.807, 2.05) is 59.3 Å². The quantitative estimate of drug-likeness (QED) is 0.433. The number of fused-ring (bicyclic) bond motifs is 3. The number of methoxy groups -OCH3 is 1. The fraction of sp³-hybridized carbons (Fsp3) is 0.200. The lowest BCUT2D eigenvalue weighted by Crippen LogP contribution is -2.64. The minimum atomic E-state index is -1.15. The molecule has 0 radical (unpaired) electrons. The number of hydrogen-bond acceptors (Lipinski definition) is 4. The summed E-state index contributed by atoms with van der Waals surface area (Å²) in [7, 11) is 1.58. The molecule has 6 nitrogen and oxygen atoms in total. The van der Waals surface area contributed by atoms with Gasteiger partial charge in [-0.1, -0.05) is 29.8 Å². The second kappa shape index (κ2) is 8.24. The van der Waals surface area contributed by atoms with E-state index in [1.165, 1.54) is 0 Å². The summed E-state index contributed by atoms with van der Waals surface area (Å²) in [5.41, 5.74) is 0.953. The van der Waals surface area contributed by atoms with Crippen LogP contribution in [-0.2, 0) is 17.9 Å². The molecule has 2 aromatic carbocycles. The van der Waals surface area contributed by atoms with Crippen LogP contribution in [0.4, 0.5) is 5.69 Å². The molecule has 168 valence electrons. The highest BCUT2D eigenvalue weighted by Gasteiger charge is 2.48. The van der Waals surface area contributed by atoms with Gasteiger partial charge in [0.15, 0.2) is 0 Å². The molecule has 0 fully saturated rings. The van der Waals surface area contributed by atoms with Gasteiger partial charge in [-0.3, -0.25) is 14.5 Å². The summed E-state index contributed by atoms with van der Waals surface area (Å²) < 4.78 is 7.34. The van der Waals surface area contributed by atoms with Crippen molar-refractivity contribution in [3.05, 3.63) is 82.3 Å². The van der Waals surface area contributed by atoms with Crippen molar-refractivity contribution in [1.82, 2.24) is 9.88 Å². The van der Waals surface area contributed by atoms with E-state index in [1.54, 1.807) is 41.5 Å². The Hall–Kier alpha value is -3.29. The highest BCUT2D eigenvalue weighted by molar-refractivity contribution is 7.16. The third kappa shape index (κ3) is 3.67. The van der Waals surface area contributed by atoms with Crippen molar-refractivity contribution in [2.24, 2.45) is 0 Å². The van der Waals surface area contributed by atoms with Gasteiger partial charge < -0.3 is 14.6 Å². The van der Waals surface area contributed by atoms with Crippen LogP contribution in [0, 0.1) is 0 Å². The molecule has 1 N–H and O–H groups in total. The Balaban J connectivity index is 1.56. The highest BCUT2D eigenvalue weighted by Crippen LogP contribution is 2.38. The van der Waals surface area contributed by atoms with Gasteiger partial charge in [0.05, 0.1) is 13.7 Å². The summed E-state index contributed by atoms with van der Waals surface area (Å²) in [5.74, 6) is 0.158. The second-order valence-electron chi connectivity index (χ2n) is 8.22. The topological polar surface area (TPSA) is 63.6 Å². The first-order valence-electron chi connectivity index (χ1n) is 10.5. The molecule has 0 spiro atoms. The Morgan fingerprint density at radius 3 is 2.73 bits per heavy atom. The monoisotopic (exact) mass is 479 g/mol. The number of nitrogens with zero attached hydrogens (tertiary/aromatic N) is 2. The molecule has 33 heavy (non-hydrogen) atoms. The van der Waals surface area contributed by atoms with Gasteiger partial charge in [-0.15, -0.1) is 11.3 Å². The number of nitrogens with one attached hydrogen (secondary N) is 1. The zero-order valence-corrected chi connectivity index (χ0v) is 19.7. The lowest BCUT2D eigenvalue weighted by molar-refractivity contribution is -0.126. The summed E-state index contributed by atoms with van der Waals surface area (Å²) in [6, 6.07) is 18.4. The molecule has 0 unspecified atom stereocenters. The second-order valence-corrected chi connectivity index (χ2v) is 9.55. The molecule has 5 rings (SSSR count). The van der Waals surface area contributed by atoms with Gasteiger partial charge in [-0.05, 0) is 54.3 Å². The van der Waals surface area contributed by atoms with Crippen LogP contribution in [0.1, 0.15) is 23.0 Å². The number of hydrogen-bond donors (Lipinski definition) is 1. The van der Waals surface area contributed by atoms with E-state index in [9.17, 15) is 9.59 Å². The summed E-state index contributed by atoms with van der Waals surface area (Å²) >= 11 is 7.54. The van der Waals surface area contributed by atoms with Gasteiger partial charge >= 0.3 is 0 Å². The number of ether oxygens (including phenoxy) is 1. The van der Waals surface area contributed by atoms with Crippen molar-refractivity contribution in [3.63, 3.8) is 0 Å². The van der Waals surface area contributed by atoms with E-state index in [0.717, 1.165) is 15.8 Å². The number of halogens is 1. The number of carbonyl (C=O) groups excluding carboxylic acids is 2. The van der Waals surface area contributed by atoms with Crippen LogP contribution in [0.25, 0.3) is 10.2 Å². The van der Waals surface area contributed by atoms with Crippen LogP contribution in [0.2, 0.25) is 5.02 Å². The maximum atomic E-state index is 13.8. The van der Waals surface area contributed by atoms with Crippen LogP contribution < -0.4 is 15.0 Å². The average Bonchev–Trinajstić information content (AvgIpc) is 3.41.